The number of rotatable bonds is 3. The molecule has 2 N–H and O–H groups in total. The molecule has 124 valence electrons. The van der Waals surface area contributed by atoms with Gasteiger partial charge in [-0.05, 0) is 12.8 Å². The Morgan fingerprint density at radius 3 is 2.45 bits per heavy atom. The third kappa shape index (κ3) is 4.29. The number of nitrogens with zero attached hydrogens (tertiary/aromatic N) is 1. The minimum Gasteiger partial charge on any atom is -0.468 e. The number of aliphatic hydroxyl groups is 2. The van der Waals surface area contributed by atoms with Gasteiger partial charge in [-0.2, -0.15) is 0 Å². The van der Waals surface area contributed by atoms with Crippen LogP contribution in [0.1, 0.15) is 19.3 Å². The highest BCUT2D eigenvalue weighted by Gasteiger charge is 2.56. The summed E-state index contributed by atoms with van der Waals surface area (Å²) < 4.78 is 4.63. The highest BCUT2D eigenvalue weighted by molar-refractivity contribution is 6.83. The van der Waals surface area contributed by atoms with Gasteiger partial charge in [0.2, 0.25) is 6.54 Å². The summed E-state index contributed by atoms with van der Waals surface area (Å²) in [6, 6.07) is 0. The molecule has 0 aromatic rings. The van der Waals surface area contributed by atoms with E-state index in [1.54, 1.807) is 0 Å². The van der Waals surface area contributed by atoms with E-state index in [1.807, 2.05) is 19.6 Å². The molecule has 22 heavy (non-hydrogen) atoms. The predicted molar refractivity (Wildman–Crippen MR) is 82.2 cm³/mol. The van der Waals surface area contributed by atoms with Crippen LogP contribution >= 0.6 is 0 Å². The first kappa shape index (κ1) is 18.6. The number of esters is 1. The molecule has 0 bridgehead atoms. The van der Waals surface area contributed by atoms with E-state index in [0.29, 0.717) is 0 Å². The van der Waals surface area contributed by atoms with Crippen LogP contribution < -0.4 is 0 Å². The lowest BCUT2D eigenvalue weighted by Gasteiger charge is -2.41. The van der Waals surface area contributed by atoms with Crippen LogP contribution in [-0.2, 0) is 9.53 Å². The van der Waals surface area contributed by atoms with Gasteiger partial charge in [0, 0.05) is 11.3 Å². The van der Waals surface area contributed by atoms with Gasteiger partial charge in [0.25, 0.3) is 0 Å². The van der Waals surface area contributed by atoms with Crippen LogP contribution in [0.3, 0.4) is 0 Å². The first-order valence-corrected chi connectivity index (χ1v) is 10.6. The van der Waals surface area contributed by atoms with Crippen LogP contribution in [-0.4, -0.2) is 54.5 Å². The molecule has 1 aliphatic carbocycles. The van der Waals surface area contributed by atoms with Gasteiger partial charge in [-0.3, -0.25) is 14.9 Å². The lowest BCUT2D eigenvalue weighted by Crippen LogP contribution is -2.55. The fourth-order valence-electron chi connectivity index (χ4n) is 2.55. The highest BCUT2D eigenvalue weighted by Crippen LogP contribution is 2.42. The van der Waals surface area contributed by atoms with E-state index in [-0.39, 0.29) is 19.3 Å². The van der Waals surface area contributed by atoms with Crippen molar-refractivity contribution in [2.24, 2.45) is 5.41 Å². The van der Waals surface area contributed by atoms with E-state index >= 15 is 0 Å². The summed E-state index contributed by atoms with van der Waals surface area (Å²) in [6.07, 6.45) is -1.53. The fraction of sp³-hybridized carbons (Fsp3) is 0.786. The molecule has 8 heteroatoms. The summed E-state index contributed by atoms with van der Waals surface area (Å²) in [5.74, 6) is 1.98. The number of carbonyl (C=O) groups excluding carboxylic acids is 1. The lowest BCUT2D eigenvalue weighted by atomic mass is 9.66. The Morgan fingerprint density at radius 2 is 2.05 bits per heavy atom. The van der Waals surface area contributed by atoms with Crippen LogP contribution in [0.4, 0.5) is 0 Å². The van der Waals surface area contributed by atoms with E-state index in [0.717, 1.165) is 7.11 Å². The second-order valence-corrected chi connectivity index (χ2v) is 11.6. The van der Waals surface area contributed by atoms with Crippen molar-refractivity contribution in [3.8, 4) is 11.5 Å². The number of hydrogen-bond donors (Lipinski definition) is 2. The second-order valence-electron chi connectivity index (χ2n) is 6.89. The summed E-state index contributed by atoms with van der Waals surface area (Å²) in [4.78, 5) is 22.2. The standard InChI is InChI=1S/C14H23NO6Si/c1-21-12(17)14(10-15(19)20)6-5-13(18,9-11(14)16)7-8-22(2,3)4/h11,16,18H,5-6,9-10H2,1-4H3/t11-,13+,14-/m1/s1. The van der Waals surface area contributed by atoms with Crippen LogP contribution in [0.5, 0.6) is 0 Å². The smallest absolute Gasteiger partial charge is 0.321 e. The van der Waals surface area contributed by atoms with Gasteiger partial charge in [-0.25, -0.2) is 0 Å². The molecule has 3 atom stereocenters. The normalized spacial score (nSPS) is 31.8. The number of carbonyl (C=O) groups is 1. The maximum absolute atomic E-state index is 12.0. The maximum Gasteiger partial charge on any atom is 0.321 e. The number of aliphatic hydroxyl groups excluding tert-OH is 1. The SMILES string of the molecule is COC(=O)[C@@]1(C[N+](=O)[O-])CC[C@](O)(C#C[Si](C)(C)C)C[C@H]1O. The van der Waals surface area contributed by atoms with Gasteiger partial charge in [0.15, 0.2) is 5.41 Å². The Balaban J connectivity index is 3.05. The average molecular weight is 329 g/mol. The maximum atomic E-state index is 12.0. The van der Waals surface area contributed by atoms with Gasteiger partial charge >= 0.3 is 5.97 Å². The van der Waals surface area contributed by atoms with Crippen molar-refractivity contribution in [1.29, 1.82) is 0 Å². The number of ether oxygens (including phenoxy) is 1. The van der Waals surface area contributed by atoms with Gasteiger partial charge < -0.3 is 14.9 Å². The molecule has 0 spiro atoms. The zero-order valence-electron chi connectivity index (χ0n) is 13.4. The molecule has 0 aliphatic heterocycles. The van der Waals surface area contributed by atoms with Crippen LogP contribution in [0.15, 0.2) is 0 Å². The van der Waals surface area contributed by atoms with E-state index < -0.39 is 42.6 Å². The fourth-order valence-corrected chi connectivity index (χ4v) is 3.16. The molecular formula is C14H23NO6Si. The topological polar surface area (TPSA) is 110 Å². The molecule has 1 aliphatic rings. The highest BCUT2D eigenvalue weighted by atomic mass is 28.3. The minimum absolute atomic E-state index is 0.0430. The summed E-state index contributed by atoms with van der Waals surface area (Å²) in [5, 5.41) is 31.7. The molecule has 0 heterocycles. The predicted octanol–water partition coefficient (Wildman–Crippen LogP) is 0.579. The molecule has 0 saturated heterocycles. The van der Waals surface area contributed by atoms with Crippen molar-refractivity contribution in [3.63, 3.8) is 0 Å². The molecule has 0 aromatic heterocycles. The lowest BCUT2D eigenvalue weighted by molar-refractivity contribution is -0.499. The quantitative estimate of drug-likeness (QED) is 0.258. The summed E-state index contributed by atoms with van der Waals surface area (Å²) in [7, 11) is -0.576. The molecule has 1 saturated carbocycles. The van der Waals surface area contributed by atoms with E-state index in [4.69, 9.17) is 0 Å². The van der Waals surface area contributed by atoms with Gasteiger partial charge in [-0.1, -0.05) is 25.6 Å². The summed E-state index contributed by atoms with van der Waals surface area (Å²) in [5.41, 5.74) is -0.000809. The van der Waals surface area contributed by atoms with E-state index in [9.17, 15) is 25.1 Å². The molecule has 1 rings (SSSR count). The van der Waals surface area contributed by atoms with Crippen LogP contribution in [0.25, 0.3) is 0 Å². The zero-order chi connectivity index (χ0) is 17.2. The largest absolute Gasteiger partial charge is 0.468 e. The Hall–Kier alpha value is -1.43. The van der Waals surface area contributed by atoms with Crippen molar-refractivity contribution in [2.75, 3.05) is 13.7 Å². The summed E-state index contributed by atoms with van der Waals surface area (Å²) in [6.45, 7) is 5.34. The monoisotopic (exact) mass is 329 g/mol. The molecule has 0 radical (unpaired) electrons. The van der Waals surface area contributed by atoms with Crippen molar-refractivity contribution < 1.29 is 24.7 Å². The number of nitro groups is 1. The second kappa shape index (κ2) is 6.36. The van der Waals surface area contributed by atoms with Crippen LogP contribution in [0, 0.1) is 27.0 Å². The van der Waals surface area contributed by atoms with Crippen molar-refractivity contribution in [2.45, 2.75) is 50.6 Å². The van der Waals surface area contributed by atoms with Crippen LogP contribution in [0.2, 0.25) is 19.6 Å². The Labute approximate surface area is 130 Å². The van der Waals surface area contributed by atoms with Crippen molar-refractivity contribution in [1.82, 2.24) is 0 Å². The number of hydrogen-bond acceptors (Lipinski definition) is 6. The summed E-state index contributed by atoms with van der Waals surface area (Å²) >= 11 is 0. The van der Waals surface area contributed by atoms with E-state index in [2.05, 4.69) is 16.2 Å². The zero-order valence-corrected chi connectivity index (χ0v) is 14.4. The third-order valence-electron chi connectivity index (χ3n) is 3.83. The Bertz CT molecular complexity index is 520. The molecule has 1 fully saturated rings. The Morgan fingerprint density at radius 1 is 1.45 bits per heavy atom. The minimum atomic E-state index is -1.70. The first-order chi connectivity index (χ1) is 9.94. The van der Waals surface area contributed by atoms with Crippen molar-refractivity contribution >= 4 is 14.0 Å². The van der Waals surface area contributed by atoms with Gasteiger partial charge in [0.1, 0.15) is 13.7 Å². The average Bonchev–Trinajstić information content (AvgIpc) is 2.38. The van der Waals surface area contributed by atoms with Crippen molar-refractivity contribution in [3.05, 3.63) is 10.1 Å². The molecule has 0 aromatic carbocycles. The first-order valence-electron chi connectivity index (χ1n) is 7.09. The molecule has 0 unspecified atom stereocenters. The van der Waals surface area contributed by atoms with Gasteiger partial charge in [0.05, 0.1) is 13.2 Å². The molecule has 7 nitrogen and oxygen atoms in total. The van der Waals surface area contributed by atoms with Gasteiger partial charge in [-0.15, -0.1) is 5.54 Å². The molecular weight excluding hydrogens is 306 g/mol. The van der Waals surface area contributed by atoms with E-state index in [1.165, 1.54) is 0 Å². The molecule has 0 amide bonds. The number of methoxy groups -OCH3 is 1. The Kier molecular flexibility index (Phi) is 5.38. The third-order valence-corrected chi connectivity index (χ3v) is 4.70.